The number of hydrogen-bond acceptors (Lipinski definition) is 5. The van der Waals surface area contributed by atoms with Crippen molar-refractivity contribution in [2.24, 2.45) is 17.3 Å². The van der Waals surface area contributed by atoms with Gasteiger partial charge in [0.05, 0.1) is 15.0 Å². The second-order valence-corrected chi connectivity index (χ2v) is 10.0. The molecule has 2 aromatic rings. The fourth-order valence-electron chi connectivity index (χ4n) is 2.80. The Balaban J connectivity index is 1.54. The quantitative estimate of drug-likeness (QED) is 0.478. The molecule has 0 unspecified atom stereocenters. The summed E-state index contributed by atoms with van der Waals surface area (Å²) in [7, 11) is 0. The molecule has 0 N–H and O–H groups in total. The molecule has 4 nitrogen and oxygen atoms in total. The lowest BCUT2D eigenvalue weighted by atomic mass is 10.1. The SMILES string of the molecule is CC1(C)[C@H](C(=O)OCc2csc(Oc3ccccc3)n2)[C@@H]1C=C(Br)Br. The zero-order chi connectivity index (χ0) is 18.0. The van der Waals surface area contributed by atoms with E-state index in [4.69, 9.17) is 9.47 Å². The number of allylic oxidation sites excluding steroid dienone is 1. The van der Waals surface area contributed by atoms with Crippen LogP contribution in [0.5, 0.6) is 10.9 Å². The predicted molar refractivity (Wildman–Crippen MR) is 105 cm³/mol. The van der Waals surface area contributed by atoms with E-state index in [1.54, 1.807) is 0 Å². The molecule has 3 rings (SSSR count). The largest absolute Gasteiger partial charge is 0.459 e. The standard InChI is InChI=1S/C18H17Br2NO3S/c1-18(2)13(8-14(19)20)15(18)16(22)23-9-11-10-25-17(21-11)24-12-6-4-3-5-7-12/h3-8,10,13,15H,9H2,1-2H3/t13-,15-/m0/s1. The minimum atomic E-state index is -0.189. The minimum Gasteiger partial charge on any atom is -0.459 e. The molecular formula is C18H17Br2NO3S. The smallest absolute Gasteiger partial charge is 0.310 e. The van der Waals surface area contributed by atoms with Gasteiger partial charge in [0.2, 0.25) is 0 Å². The Kier molecular flexibility index (Phi) is 5.65. The number of aromatic nitrogens is 1. The molecule has 7 heteroatoms. The van der Waals surface area contributed by atoms with Crippen molar-refractivity contribution in [3.63, 3.8) is 0 Å². The van der Waals surface area contributed by atoms with Crippen LogP contribution in [-0.2, 0) is 16.1 Å². The lowest BCUT2D eigenvalue weighted by Gasteiger charge is -2.04. The monoisotopic (exact) mass is 485 g/mol. The molecule has 25 heavy (non-hydrogen) atoms. The molecule has 1 aromatic carbocycles. The number of carbonyl (C=O) groups excluding carboxylic acids is 1. The normalized spacial score (nSPS) is 20.6. The first-order valence-corrected chi connectivity index (χ1v) is 10.2. The molecule has 1 fully saturated rings. The average Bonchev–Trinajstić information content (AvgIpc) is 2.90. The first kappa shape index (κ1) is 18.6. The highest BCUT2D eigenvalue weighted by Crippen LogP contribution is 2.60. The van der Waals surface area contributed by atoms with Gasteiger partial charge in [0, 0.05) is 5.38 Å². The Morgan fingerprint density at radius 3 is 2.72 bits per heavy atom. The van der Waals surface area contributed by atoms with Crippen LogP contribution in [0.2, 0.25) is 0 Å². The molecular weight excluding hydrogens is 470 g/mol. The van der Waals surface area contributed by atoms with Crippen molar-refractivity contribution < 1.29 is 14.3 Å². The number of benzene rings is 1. The van der Waals surface area contributed by atoms with Crippen LogP contribution in [0.15, 0.2) is 45.2 Å². The molecule has 1 aliphatic carbocycles. The molecule has 0 amide bonds. The third-order valence-corrected chi connectivity index (χ3v) is 5.61. The summed E-state index contributed by atoms with van der Waals surface area (Å²) in [5, 5.41) is 2.38. The van der Waals surface area contributed by atoms with Crippen LogP contribution in [0.25, 0.3) is 0 Å². The van der Waals surface area contributed by atoms with Gasteiger partial charge in [-0.1, -0.05) is 49.5 Å². The van der Waals surface area contributed by atoms with Crippen LogP contribution in [0.4, 0.5) is 0 Å². The Labute approximate surface area is 167 Å². The first-order valence-electron chi connectivity index (χ1n) is 7.74. The van der Waals surface area contributed by atoms with Gasteiger partial charge in [-0.15, -0.1) is 0 Å². The second kappa shape index (κ2) is 7.60. The summed E-state index contributed by atoms with van der Waals surface area (Å²) in [6.07, 6.45) is 2.00. The van der Waals surface area contributed by atoms with Gasteiger partial charge >= 0.3 is 5.97 Å². The van der Waals surface area contributed by atoms with E-state index >= 15 is 0 Å². The van der Waals surface area contributed by atoms with Gasteiger partial charge in [-0.3, -0.25) is 4.79 Å². The van der Waals surface area contributed by atoms with Crippen molar-refractivity contribution in [1.29, 1.82) is 0 Å². The van der Waals surface area contributed by atoms with E-state index in [1.807, 2.05) is 41.8 Å². The number of rotatable bonds is 6. The summed E-state index contributed by atoms with van der Waals surface area (Å²) in [6.45, 7) is 4.29. The van der Waals surface area contributed by atoms with Crippen LogP contribution >= 0.6 is 43.2 Å². The maximum absolute atomic E-state index is 12.3. The summed E-state index contributed by atoms with van der Waals surface area (Å²) in [5.41, 5.74) is 0.601. The highest BCUT2D eigenvalue weighted by molar-refractivity contribution is 9.28. The summed E-state index contributed by atoms with van der Waals surface area (Å²) in [4.78, 5) is 16.7. The van der Waals surface area contributed by atoms with Crippen molar-refractivity contribution in [1.82, 2.24) is 4.98 Å². The number of nitrogens with zero attached hydrogens (tertiary/aromatic N) is 1. The van der Waals surface area contributed by atoms with Gasteiger partial charge in [-0.2, -0.15) is 0 Å². The molecule has 1 aromatic heterocycles. The van der Waals surface area contributed by atoms with Crippen LogP contribution < -0.4 is 4.74 Å². The lowest BCUT2D eigenvalue weighted by molar-refractivity contribution is -0.147. The van der Waals surface area contributed by atoms with Crippen LogP contribution in [0.3, 0.4) is 0 Å². The van der Waals surface area contributed by atoms with Crippen molar-refractivity contribution >= 4 is 49.2 Å². The van der Waals surface area contributed by atoms with E-state index in [0.717, 1.165) is 9.14 Å². The molecule has 0 aliphatic heterocycles. The van der Waals surface area contributed by atoms with Gasteiger partial charge in [-0.25, -0.2) is 4.98 Å². The Morgan fingerprint density at radius 2 is 2.04 bits per heavy atom. The number of ether oxygens (including phenoxy) is 2. The fraction of sp³-hybridized carbons (Fsp3) is 0.333. The lowest BCUT2D eigenvalue weighted by Crippen LogP contribution is -2.10. The molecule has 1 aliphatic rings. The third-order valence-electron chi connectivity index (χ3n) is 4.31. The van der Waals surface area contributed by atoms with E-state index in [9.17, 15) is 4.79 Å². The molecule has 2 atom stereocenters. The molecule has 0 bridgehead atoms. The summed E-state index contributed by atoms with van der Waals surface area (Å²) < 4.78 is 12.0. The van der Waals surface area contributed by atoms with Crippen LogP contribution in [-0.4, -0.2) is 11.0 Å². The third kappa shape index (κ3) is 4.51. The van der Waals surface area contributed by atoms with Crippen molar-refractivity contribution in [2.75, 3.05) is 0 Å². The van der Waals surface area contributed by atoms with E-state index < -0.39 is 0 Å². The maximum atomic E-state index is 12.3. The minimum absolute atomic E-state index is 0.0898. The van der Waals surface area contributed by atoms with Crippen LogP contribution in [0.1, 0.15) is 19.5 Å². The van der Waals surface area contributed by atoms with Gasteiger partial charge in [-0.05, 0) is 55.3 Å². The zero-order valence-electron chi connectivity index (χ0n) is 13.7. The summed E-state index contributed by atoms with van der Waals surface area (Å²) in [5.74, 6) is 0.582. The average molecular weight is 487 g/mol. The number of hydrogen-bond donors (Lipinski definition) is 0. The number of para-hydroxylation sites is 1. The molecule has 0 radical (unpaired) electrons. The fourth-order valence-corrected chi connectivity index (χ4v) is 4.04. The van der Waals surface area contributed by atoms with E-state index in [1.165, 1.54) is 11.3 Å². The van der Waals surface area contributed by atoms with E-state index in [0.29, 0.717) is 10.9 Å². The Morgan fingerprint density at radius 1 is 1.32 bits per heavy atom. The van der Waals surface area contributed by atoms with Crippen molar-refractivity contribution in [2.45, 2.75) is 20.5 Å². The zero-order valence-corrected chi connectivity index (χ0v) is 17.7. The maximum Gasteiger partial charge on any atom is 0.310 e. The number of carbonyl (C=O) groups is 1. The molecule has 0 saturated heterocycles. The Bertz CT molecular complexity index is 785. The first-order chi connectivity index (χ1) is 11.9. The Hall–Kier alpha value is -1.18. The number of esters is 1. The molecule has 0 spiro atoms. The van der Waals surface area contributed by atoms with Crippen molar-refractivity contribution in [3.05, 3.63) is 50.9 Å². The van der Waals surface area contributed by atoms with E-state index in [2.05, 4.69) is 50.7 Å². The topological polar surface area (TPSA) is 48.4 Å². The van der Waals surface area contributed by atoms with E-state index in [-0.39, 0.29) is 29.8 Å². The second-order valence-electron chi connectivity index (χ2n) is 6.41. The van der Waals surface area contributed by atoms with Gasteiger partial charge < -0.3 is 9.47 Å². The molecule has 1 heterocycles. The predicted octanol–water partition coefficient (Wildman–Crippen LogP) is 5.88. The number of thiazole rings is 1. The van der Waals surface area contributed by atoms with Crippen LogP contribution in [0, 0.1) is 17.3 Å². The van der Waals surface area contributed by atoms with Gasteiger partial charge in [0.25, 0.3) is 5.19 Å². The summed E-state index contributed by atoms with van der Waals surface area (Å²) >= 11 is 8.09. The highest BCUT2D eigenvalue weighted by Gasteiger charge is 2.61. The van der Waals surface area contributed by atoms with Gasteiger partial charge in [0.1, 0.15) is 12.4 Å². The van der Waals surface area contributed by atoms with Crippen molar-refractivity contribution in [3.8, 4) is 10.9 Å². The summed E-state index contributed by atoms with van der Waals surface area (Å²) in [6, 6.07) is 9.46. The highest BCUT2D eigenvalue weighted by atomic mass is 79.9. The molecule has 132 valence electrons. The number of halogens is 2. The molecule has 1 saturated carbocycles. The van der Waals surface area contributed by atoms with Gasteiger partial charge in [0.15, 0.2) is 0 Å².